The van der Waals surface area contributed by atoms with Crippen LogP contribution in [0.2, 0.25) is 0 Å². The predicted octanol–water partition coefficient (Wildman–Crippen LogP) is 0.827. The van der Waals surface area contributed by atoms with E-state index in [2.05, 4.69) is 15.5 Å². The van der Waals surface area contributed by atoms with Crippen molar-refractivity contribution < 1.29 is 8.42 Å². The molecule has 21 heavy (non-hydrogen) atoms. The van der Waals surface area contributed by atoms with E-state index in [1.807, 2.05) is 28.8 Å². The average Bonchev–Trinajstić information content (AvgIpc) is 3.05. The van der Waals surface area contributed by atoms with Crippen LogP contribution < -0.4 is 5.32 Å². The summed E-state index contributed by atoms with van der Waals surface area (Å²) in [6, 6.07) is 5.87. The maximum atomic E-state index is 11.7. The van der Waals surface area contributed by atoms with Crippen LogP contribution >= 0.6 is 0 Å². The highest BCUT2D eigenvalue weighted by molar-refractivity contribution is 7.91. The number of rotatable bonds is 5. The smallest absolute Gasteiger partial charge is 0.160 e. The molecule has 114 valence electrons. The van der Waals surface area contributed by atoms with Gasteiger partial charge in [0.15, 0.2) is 15.5 Å². The number of aromatic nitrogens is 3. The van der Waals surface area contributed by atoms with Crippen LogP contribution in [0, 0.1) is 0 Å². The lowest BCUT2D eigenvalue weighted by Crippen LogP contribution is -2.40. The molecule has 2 aromatic rings. The van der Waals surface area contributed by atoms with Crippen LogP contribution in [0.25, 0.3) is 5.65 Å². The van der Waals surface area contributed by atoms with E-state index in [0.29, 0.717) is 6.54 Å². The van der Waals surface area contributed by atoms with Crippen molar-refractivity contribution in [3.05, 3.63) is 30.2 Å². The second-order valence-corrected chi connectivity index (χ2v) is 7.92. The third-order valence-corrected chi connectivity index (χ3v) is 5.81. The lowest BCUT2D eigenvalue weighted by molar-refractivity contribution is 0.507. The summed E-state index contributed by atoms with van der Waals surface area (Å²) < 4.78 is 25.5. The molecular weight excluding hydrogens is 288 g/mol. The molecule has 0 bridgehead atoms. The molecule has 7 heteroatoms. The summed E-state index contributed by atoms with van der Waals surface area (Å²) in [5.74, 6) is 0.895. The molecule has 2 aromatic heterocycles. The number of nitrogens with one attached hydrogen (secondary N) is 1. The monoisotopic (exact) mass is 308 g/mol. The summed E-state index contributed by atoms with van der Waals surface area (Å²) in [6.45, 7) is 0.715. The van der Waals surface area contributed by atoms with Crippen LogP contribution in [0.4, 0.5) is 0 Å². The zero-order valence-electron chi connectivity index (χ0n) is 12.1. The van der Waals surface area contributed by atoms with Gasteiger partial charge in [-0.2, -0.15) is 0 Å². The number of hydrogen-bond donors (Lipinski definition) is 1. The summed E-state index contributed by atoms with van der Waals surface area (Å²) in [7, 11) is -2.97. The fourth-order valence-corrected chi connectivity index (χ4v) is 4.53. The molecule has 0 radical (unpaired) electrons. The molecule has 3 rings (SSSR count). The van der Waals surface area contributed by atoms with Gasteiger partial charge in [0.1, 0.15) is 5.82 Å². The first-order chi connectivity index (χ1) is 10.1. The summed E-state index contributed by atoms with van der Waals surface area (Å²) in [5.41, 5.74) is 0.836. The van der Waals surface area contributed by atoms with Crippen LogP contribution in [0.1, 0.15) is 25.1 Å². The molecule has 0 saturated heterocycles. The van der Waals surface area contributed by atoms with Crippen molar-refractivity contribution in [2.45, 2.75) is 37.0 Å². The van der Waals surface area contributed by atoms with Crippen molar-refractivity contribution in [3.8, 4) is 0 Å². The van der Waals surface area contributed by atoms with Crippen LogP contribution in [-0.4, -0.2) is 47.1 Å². The van der Waals surface area contributed by atoms with E-state index in [9.17, 15) is 8.42 Å². The standard InChI is InChI=1S/C14H20N4O2S/c1-21(19,20)12-6-4-5-11(12)15-9-8-14-17-16-13-7-2-3-10-18(13)14/h2-3,7,10-12,15H,4-6,8-9H2,1H3. The fraction of sp³-hybridized carbons (Fsp3) is 0.571. The van der Waals surface area contributed by atoms with Crippen LogP contribution in [0.3, 0.4) is 0 Å². The topological polar surface area (TPSA) is 76.4 Å². The molecule has 2 unspecified atom stereocenters. The van der Waals surface area contributed by atoms with E-state index in [1.165, 1.54) is 6.26 Å². The highest BCUT2D eigenvalue weighted by Gasteiger charge is 2.34. The Labute approximate surface area is 124 Å². The Balaban J connectivity index is 1.61. The lowest BCUT2D eigenvalue weighted by Gasteiger charge is -2.19. The summed E-state index contributed by atoms with van der Waals surface area (Å²) in [5, 5.41) is 11.4. The van der Waals surface area contributed by atoms with Crippen molar-refractivity contribution in [3.63, 3.8) is 0 Å². The van der Waals surface area contributed by atoms with Gasteiger partial charge in [-0.3, -0.25) is 4.40 Å². The van der Waals surface area contributed by atoms with E-state index < -0.39 is 9.84 Å². The highest BCUT2D eigenvalue weighted by atomic mass is 32.2. The van der Waals surface area contributed by atoms with Crippen molar-refractivity contribution in [2.75, 3.05) is 12.8 Å². The molecule has 1 aliphatic carbocycles. The molecule has 0 aliphatic heterocycles. The van der Waals surface area contributed by atoms with Crippen molar-refractivity contribution >= 4 is 15.5 Å². The first-order valence-electron chi connectivity index (χ1n) is 7.26. The number of pyridine rings is 1. The van der Waals surface area contributed by atoms with Crippen molar-refractivity contribution in [2.24, 2.45) is 0 Å². The normalized spacial score (nSPS) is 22.9. The van der Waals surface area contributed by atoms with Crippen LogP contribution in [0.5, 0.6) is 0 Å². The summed E-state index contributed by atoms with van der Waals surface area (Å²) >= 11 is 0. The highest BCUT2D eigenvalue weighted by Crippen LogP contribution is 2.24. The van der Waals surface area contributed by atoms with E-state index in [-0.39, 0.29) is 11.3 Å². The van der Waals surface area contributed by atoms with Crippen molar-refractivity contribution in [1.29, 1.82) is 0 Å². The second kappa shape index (κ2) is 5.73. The molecule has 1 aliphatic rings. The van der Waals surface area contributed by atoms with E-state index in [1.54, 1.807) is 0 Å². The predicted molar refractivity (Wildman–Crippen MR) is 81.0 cm³/mol. The van der Waals surface area contributed by atoms with Crippen molar-refractivity contribution in [1.82, 2.24) is 19.9 Å². The Morgan fingerprint density at radius 3 is 3.00 bits per heavy atom. The number of sulfone groups is 1. The zero-order valence-corrected chi connectivity index (χ0v) is 12.9. The summed E-state index contributed by atoms with van der Waals surface area (Å²) in [4.78, 5) is 0. The molecule has 0 aromatic carbocycles. The van der Waals surface area contributed by atoms with Crippen LogP contribution in [-0.2, 0) is 16.3 Å². The third kappa shape index (κ3) is 3.08. The molecule has 0 spiro atoms. The van der Waals surface area contributed by atoms with Gasteiger partial charge >= 0.3 is 0 Å². The molecule has 2 atom stereocenters. The van der Waals surface area contributed by atoms with E-state index >= 15 is 0 Å². The summed E-state index contributed by atoms with van der Waals surface area (Å²) in [6.07, 6.45) is 6.69. The Morgan fingerprint density at radius 1 is 1.33 bits per heavy atom. The fourth-order valence-electron chi connectivity index (χ4n) is 3.10. The quantitative estimate of drug-likeness (QED) is 0.885. The second-order valence-electron chi connectivity index (χ2n) is 5.65. The number of hydrogen-bond acceptors (Lipinski definition) is 5. The Hall–Kier alpha value is -1.47. The first-order valence-corrected chi connectivity index (χ1v) is 9.22. The maximum Gasteiger partial charge on any atom is 0.160 e. The molecule has 1 saturated carbocycles. The van der Waals surface area contributed by atoms with Gasteiger partial charge in [0, 0.05) is 31.5 Å². The SMILES string of the molecule is CS(=O)(=O)C1CCCC1NCCc1nnc2ccccn12. The Morgan fingerprint density at radius 2 is 2.19 bits per heavy atom. The Kier molecular flexibility index (Phi) is 3.95. The van der Waals surface area contributed by atoms with Crippen LogP contribution in [0.15, 0.2) is 24.4 Å². The Bertz CT molecular complexity index is 725. The third-order valence-electron chi connectivity index (χ3n) is 4.14. The lowest BCUT2D eigenvalue weighted by atomic mass is 10.2. The van der Waals surface area contributed by atoms with Gasteiger partial charge in [-0.05, 0) is 25.0 Å². The maximum absolute atomic E-state index is 11.7. The zero-order chi connectivity index (χ0) is 14.9. The minimum absolute atomic E-state index is 0.0687. The van der Waals surface area contributed by atoms with E-state index in [0.717, 1.165) is 37.2 Å². The van der Waals surface area contributed by atoms with Gasteiger partial charge < -0.3 is 5.32 Å². The number of fused-ring (bicyclic) bond motifs is 1. The van der Waals surface area contributed by atoms with Gasteiger partial charge in [-0.15, -0.1) is 10.2 Å². The average molecular weight is 308 g/mol. The van der Waals surface area contributed by atoms with Gasteiger partial charge in [0.2, 0.25) is 0 Å². The van der Waals surface area contributed by atoms with E-state index in [4.69, 9.17) is 0 Å². The first kappa shape index (κ1) is 14.5. The molecule has 1 N–H and O–H groups in total. The minimum Gasteiger partial charge on any atom is -0.312 e. The van der Waals surface area contributed by atoms with Gasteiger partial charge in [0.25, 0.3) is 0 Å². The number of nitrogens with zero attached hydrogens (tertiary/aromatic N) is 3. The molecular formula is C14H20N4O2S. The minimum atomic E-state index is -2.97. The van der Waals surface area contributed by atoms with Gasteiger partial charge in [-0.25, -0.2) is 8.42 Å². The van der Waals surface area contributed by atoms with Gasteiger partial charge in [-0.1, -0.05) is 12.5 Å². The molecule has 2 heterocycles. The molecule has 6 nitrogen and oxygen atoms in total. The van der Waals surface area contributed by atoms with Gasteiger partial charge in [0.05, 0.1) is 5.25 Å². The largest absolute Gasteiger partial charge is 0.312 e. The molecule has 1 fully saturated rings. The molecule has 0 amide bonds.